The van der Waals surface area contributed by atoms with Crippen molar-refractivity contribution in [3.05, 3.63) is 29.3 Å². The lowest BCUT2D eigenvalue weighted by Crippen LogP contribution is -2.16. The van der Waals surface area contributed by atoms with Crippen molar-refractivity contribution >= 4 is 11.3 Å². The molecule has 0 fully saturated rings. The lowest BCUT2D eigenvalue weighted by Gasteiger charge is -2.11. The van der Waals surface area contributed by atoms with Crippen molar-refractivity contribution in [3.8, 4) is 22.1 Å². The average Bonchev–Trinajstić information content (AvgIpc) is 2.96. The van der Waals surface area contributed by atoms with E-state index in [1.165, 1.54) is 4.88 Å². The summed E-state index contributed by atoms with van der Waals surface area (Å²) in [6.45, 7) is 5.18. The molecule has 1 atom stereocenters. The zero-order valence-electron chi connectivity index (χ0n) is 12.3. The van der Waals surface area contributed by atoms with Crippen LogP contribution in [0.25, 0.3) is 10.6 Å². The van der Waals surface area contributed by atoms with Gasteiger partial charge in [0, 0.05) is 17.1 Å². The highest BCUT2D eigenvalue weighted by molar-refractivity contribution is 7.15. The van der Waals surface area contributed by atoms with Crippen molar-refractivity contribution in [3.63, 3.8) is 0 Å². The summed E-state index contributed by atoms with van der Waals surface area (Å²) in [5.41, 5.74) is 0.965. The highest BCUT2D eigenvalue weighted by Gasteiger charge is 2.16. The van der Waals surface area contributed by atoms with E-state index in [9.17, 15) is 0 Å². The van der Waals surface area contributed by atoms with Crippen molar-refractivity contribution in [2.75, 3.05) is 20.8 Å². The van der Waals surface area contributed by atoms with Crippen LogP contribution in [0.3, 0.4) is 0 Å². The number of nitrogens with zero attached hydrogens (tertiary/aromatic N) is 1. The Morgan fingerprint density at radius 2 is 2.10 bits per heavy atom. The summed E-state index contributed by atoms with van der Waals surface area (Å²) in [5, 5.41) is 4.34. The number of hydrogen-bond donors (Lipinski definition) is 1. The normalized spacial score (nSPS) is 12.2. The van der Waals surface area contributed by atoms with Crippen molar-refractivity contribution < 1.29 is 9.47 Å². The molecule has 108 valence electrons. The van der Waals surface area contributed by atoms with E-state index in [0.29, 0.717) is 6.04 Å². The number of aromatic nitrogens is 1. The third-order valence-corrected chi connectivity index (χ3v) is 4.31. The van der Waals surface area contributed by atoms with E-state index in [1.807, 2.05) is 24.4 Å². The van der Waals surface area contributed by atoms with Crippen molar-refractivity contribution in [1.29, 1.82) is 0 Å². The second-order valence-electron chi connectivity index (χ2n) is 4.39. The summed E-state index contributed by atoms with van der Waals surface area (Å²) < 4.78 is 10.8. The monoisotopic (exact) mass is 292 g/mol. The van der Waals surface area contributed by atoms with Crippen molar-refractivity contribution in [2.45, 2.75) is 19.9 Å². The molecular weight excluding hydrogens is 272 g/mol. The lowest BCUT2D eigenvalue weighted by molar-refractivity contribution is 0.356. The van der Waals surface area contributed by atoms with E-state index in [0.717, 1.165) is 28.6 Å². The Bertz CT molecular complexity index is 569. The molecule has 1 unspecified atom stereocenters. The quantitative estimate of drug-likeness (QED) is 0.885. The molecule has 1 N–H and O–H groups in total. The minimum Gasteiger partial charge on any atom is -0.493 e. The Labute approximate surface area is 123 Å². The minimum atomic E-state index is 0.308. The van der Waals surface area contributed by atoms with E-state index in [-0.39, 0.29) is 0 Å². The number of nitrogens with one attached hydrogen (secondary N) is 1. The van der Waals surface area contributed by atoms with Crippen LogP contribution >= 0.6 is 11.3 Å². The second-order valence-corrected chi connectivity index (χ2v) is 5.45. The first-order valence-corrected chi connectivity index (χ1v) is 7.43. The first-order valence-electron chi connectivity index (χ1n) is 6.61. The molecule has 0 saturated heterocycles. The van der Waals surface area contributed by atoms with E-state index in [1.54, 1.807) is 25.6 Å². The van der Waals surface area contributed by atoms with Gasteiger partial charge in [-0.05, 0) is 25.6 Å². The molecule has 0 aliphatic rings. The number of methoxy groups -OCH3 is 2. The van der Waals surface area contributed by atoms with Gasteiger partial charge in [0.2, 0.25) is 0 Å². The van der Waals surface area contributed by atoms with E-state index < -0.39 is 0 Å². The van der Waals surface area contributed by atoms with Gasteiger partial charge >= 0.3 is 0 Å². The summed E-state index contributed by atoms with van der Waals surface area (Å²) in [6, 6.07) is 6.15. The zero-order chi connectivity index (χ0) is 14.5. The van der Waals surface area contributed by atoms with E-state index >= 15 is 0 Å². The summed E-state index contributed by atoms with van der Waals surface area (Å²) >= 11 is 1.67. The molecule has 1 aromatic heterocycles. The van der Waals surface area contributed by atoms with Gasteiger partial charge in [-0.15, -0.1) is 11.3 Å². The topological polar surface area (TPSA) is 43.4 Å². The molecule has 1 heterocycles. The van der Waals surface area contributed by atoms with Gasteiger partial charge in [0.1, 0.15) is 5.01 Å². The predicted octanol–water partition coefficient (Wildman–Crippen LogP) is 3.50. The summed E-state index contributed by atoms with van der Waals surface area (Å²) in [4.78, 5) is 5.73. The zero-order valence-corrected chi connectivity index (χ0v) is 13.1. The second kappa shape index (κ2) is 6.72. The first-order chi connectivity index (χ1) is 9.71. The average molecular weight is 292 g/mol. The van der Waals surface area contributed by atoms with Crippen LogP contribution in [0.15, 0.2) is 24.4 Å². The molecule has 2 aromatic rings. The van der Waals surface area contributed by atoms with E-state index in [2.05, 4.69) is 24.1 Å². The number of benzene rings is 1. The Hall–Kier alpha value is -1.59. The maximum Gasteiger partial charge on any atom is 0.170 e. The van der Waals surface area contributed by atoms with Crippen LogP contribution in [0.1, 0.15) is 24.8 Å². The molecule has 0 bridgehead atoms. The largest absolute Gasteiger partial charge is 0.493 e. The molecule has 0 aliphatic carbocycles. The number of rotatable bonds is 6. The molecule has 5 heteroatoms. The number of thiazole rings is 1. The SMILES string of the molecule is CCNC(C)c1cnc(-c2cccc(OC)c2OC)s1. The van der Waals surface area contributed by atoms with Crippen LogP contribution in [0.2, 0.25) is 0 Å². The molecule has 0 aliphatic heterocycles. The summed E-state index contributed by atoms with van der Waals surface area (Å²) in [6.07, 6.45) is 1.92. The molecular formula is C15H20N2O2S. The van der Waals surface area contributed by atoms with Crippen molar-refractivity contribution in [1.82, 2.24) is 10.3 Å². The van der Waals surface area contributed by atoms with Gasteiger partial charge in [0.15, 0.2) is 11.5 Å². The first kappa shape index (κ1) is 14.8. The molecule has 0 radical (unpaired) electrons. The Morgan fingerprint density at radius 3 is 2.75 bits per heavy atom. The maximum absolute atomic E-state index is 5.47. The molecule has 1 aromatic carbocycles. The van der Waals surface area contributed by atoms with E-state index in [4.69, 9.17) is 9.47 Å². The van der Waals surface area contributed by atoms with Gasteiger partial charge in [-0.25, -0.2) is 4.98 Å². The number of ether oxygens (including phenoxy) is 2. The van der Waals surface area contributed by atoms with Crippen LogP contribution in [0.4, 0.5) is 0 Å². The molecule has 0 spiro atoms. The van der Waals surface area contributed by atoms with Gasteiger partial charge in [-0.2, -0.15) is 0 Å². The van der Waals surface area contributed by atoms with Gasteiger partial charge in [0.25, 0.3) is 0 Å². The highest BCUT2D eigenvalue weighted by atomic mass is 32.1. The molecule has 0 saturated carbocycles. The fourth-order valence-corrected chi connectivity index (χ4v) is 3.04. The standard InChI is InChI=1S/C15H20N2O2S/c1-5-16-10(2)13-9-17-15(20-13)11-7-6-8-12(18-3)14(11)19-4/h6-10,16H,5H2,1-4H3. The van der Waals surface area contributed by atoms with Gasteiger partial charge in [-0.3, -0.25) is 0 Å². The van der Waals surface area contributed by atoms with Gasteiger partial charge < -0.3 is 14.8 Å². The Balaban J connectivity index is 2.37. The molecule has 20 heavy (non-hydrogen) atoms. The van der Waals surface area contributed by atoms with Gasteiger partial charge in [0.05, 0.1) is 19.8 Å². The lowest BCUT2D eigenvalue weighted by atomic mass is 10.2. The van der Waals surface area contributed by atoms with Crippen LogP contribution in [0.5, 0.6) is 11.5 Å². The Morgan fingerprint density at radius 1 is 1.30 bits per heavy atom. The maximum atomic E-state index is 5.47. The fraction of sp³-hybridized carbons (Fsp3) is 0.400. The van der Waals surface area contributed by atoms with Crippen molar-refractivity contribution in [2.24, 2.45) is 0 Å². The van der Waals surface area contributed by atoms with Crippen LogP contribution in [0, 0.1) is 0 Å². The van der Waals surface area contributed by atoms with Crippen LogP contribution in [-0.2, 0) is 0 Å². The Kier molecular flexibility index (Phi) is 4.98. The smallest absolute Gasteiger partial charge is 0.170 e. The fourth-order valence-electron chi connectivity index (χ4n) is 2.07. The molecule has 2 rings (SSSR count). The molecule has 4 nitrogen and oxygen atoms in total. The highest BCUT2D eigenvalue weighted by Crippen LogP contribution is 2.40. The van der Waals surface area contributed by atoms with Crippen LogP contribution < -0.4 is 14.8 Å². The third-order valence-electron chi connectivity index (χ3n) is 3.09. The minimum absolute atomic E-state index is 0.308. The third kappa shape index (κ3) is 2.94. The summed E-state index contributed by atoms with van der Waals surface area (Å²) in [5.74, 6) is 1.45. The van der Waals surface area contributed by atoms with Crippen LogP contribution in [-0.4, -0.2) is 25.7 Å². The number of para-hydroxylation sites is 1. The number of hydrogen-bond acceptors (Lipinski definition) is 5. The predicted molar refractivity (Wildman–Crippen MR) is 82.7 cm³/mol. The molecule has 0 amide bonds. The summed E-state index contributed by atoms with van der Waals surface area (Å²) in [7, 11) is 3.29. The van der Waals surface area contributed by atoms with Gasteiger partial charge in [-0.1, -0.05) is 13.0 Å².